The van der Waals surface area contributed by atoms with E-state index in [4.69, 9.17) is 11.6 Å². The maximum absolute atomic E-state index is 6.25. The summed E-state index contributed by atoms with van der Waals surface area (Å²) in [5.74, 6) is 0. The molecule has 1 aliphatic rings. The zero-order valence-electron chi connectivity index (χ0n) is 13.1. The summed E-state index contributed by atoms with van der Waals surface area (Å²) in [6.45, 7) is 7.09. The molecule has 1 aromatic rings. The molecule has 1 nitrogen and oxygen atoms in total. The Hall–Kier alpha value is -0.530. The smallest absolute Gasteiger partial charge is 0.0438 e. The Labute approximate surface area is 129 Å². The molecule has 0 spiro atoms. The second-order valence-corrected chi connectivity index (χ2v) is 7.56. The molecule has 20 heavy (non-hydrogen) atoms. The monoisotopic (exact) mass is 293 g/mol. The van der Waals surface area contributed by atoms with Crippen LogP contribution in [0.4, 0.5) is 0 Å². The predicted molar refractivity (Wildman–Crippen MR) is 88.4 cm³/mol. The molecule has 2 unspecified atom stereocenters. The Kier molecular flexibility index (Phi) is 5.51. The molecule has 0 amide bonds. The molecule has 1 saturated carbocycles. The lowest BCUT2D eigenvalue weighted by Crippen LogP contribution is -2.37. The van der Waals surface area contributed by atoms with Crippen LogP contribution < -0.4 is 5.32 Å². The molecule has 0 aromatic heterocycles. The van der Waals surface area contributed by atoms with Gasteiger partial charge in [-0.05, 0) is 56.1 Å². The second-order valence-electron chi connectivity index (χ2n) is 7.16. The molecule has 2 atom stereocenters. The van der Waals surface area contributed by atoms with Gasteiger partial charge in [-0.2, -0.15) is 0 Å². The Balaban J connectivity index is 1.85. The van der Waals surface area contributed by atoms with Gasteiger partial charge in [-0.25, -0.2) is 0 Å². The SMILES string of the molecule is CC(Cc1ccccc1Cl)NC1CCCC(C)(C)CC1. The summed E-state index contributed by atoms with van der Waals surface area (Å²) in [4.78, 5) is 0. The van der Waals surface area contributed by atoms with Crippen LogP contribution in [0.5, 0.6) is 0 Å². The predicted octanol–water partition coefficient (Wildman–Crippen LogP) is 5.22. The molecule has 1 aliphatic carbocycles. The van der Waals surface area contributed by atoms with E-state index in [1.54, 1.807) is 0 Å². The third-order valence-electron chi connectivity index (χ3n) is 4.58. The van der Waals surface area contributed by atoms with E-state index in [9.17, 15) is 0 Å². The summed E-state index contributed by atoms with van der Waals surface area (Å²) >= 11 is 6.25. The van der Waals surface area contributed by atoms with Crippen LogP contribution in [0.2, 0.25) is 5.02 Å². The number of halogens is 1. The van der Waals surface area contributed by atoms with Crippen LogP contribution in [0.1, 0.15) is 58.4 Å². The largest absolute Gasteiger partial charge is 0.311 e. The van der Waals surface area contributed by atoms with Gasteiger partial charge in [0.05, 0.1) is 0 Å². The molecule has 1 fully saturated rings. The molecule has 0 saturated heterocycles. The van der Waals surface area contributed by atoms with Gasteiger partial charge in [0, 0.05) is 17.1 Å². The van der Waals surface area contributed by atoms with Gasteiger partial charge in [0.15, 0.2) is 0 Å². The van der Waals surface area contributed by atoms with Crippen molar-refractivity contribution in [3.8, 4) is 0 Å². The molecule has 0 heterocycles. The van der Waals surface area contributed by atoms with Gasteiger partial charge in [0.25, 0.3) is 0 Å². The van der Waals surface area contributed by atoms with Gasteiger partial charge in [0.2, 0.25) is 0 Å². The fourth-order valence-corrected chi connectivity index (χ4v) is 3.50. The minimum Gasteiger partial charge on any atom is -0.311 e. The molecule has 1 aromatic carbocycles. The molecular formula is C18H28ClN. The van der Waals surface area contributed by atoms with Crippen molar-refractivity contribution in [2.24, 2.45) is 5.41 Å². The van der Waals surface area contributed by atoms with Crippen molar-refractivity contribution in [2.75, 3.05) is 0 Å². The number of hydrogen-bond donors (Lipinski definition) is 1. The van der Waals surface area contributed by atoms with E-state index in [0.717, 1.165) is 11.4 Å². The van der Waals surface area contributed by atoms with Crippen molar-refractivity contribution in [3.05, 3.63) is 34.9 Å². The number of nitrogens with one attached hydrogen (secondary N) is 1. The van der Waals surface area contributed by atoms with Crippen molar-refractivity contribution in [3.63, 3.8) is 0 Å². The van der Waals surface area contributed by atoms with E-state index >= 15 is 0 Å². The minimum absolute atomic E-state index is 0.487. The molecule has 112 valence electrons. The van der Waals surface area contributed by atoms with Gasteiger partial charge in [-0.15, -0.1) is 0 Å². The second kappa shape index (κ2) is 6.95. The first-order valence-electron chi connectivity index (χ1n) is 7.96. The van der Waals surface area contributed by atoms with Crippen molar-refractivity contribution in [1.29, 1.82) is 0 Å². The van der Waals surface area contributed by atoms with Crippen LogP contribution in [0.15, 0.2) is 24.3 Å². The highest BCUT2D eigenvalue weighted by Crippen LogP contribution is 2.33. The fraction of sp³-hybridized carbons (Fsp3) is 0.667. The van der Waals surface area contributed by atoms with Gasteiger partial charge < -0.3 is 5.32 Å². The van der Waals surface area contributed by atoms with Gasteiger partial charge >= 0.3 is 0 Å². The Morgan fingerprint density at radius 2 is 2.00 bits per heavy atom. The van der Waals surface area contributed by atoms with Crippen molar-refractivity contribution >= 4 is 11.6 Å². The van der Waals surface area contributed by atoms with E-state index in [0.29, 0.717) is 17.5 Å². The maximum Gasteiger partial charge on any atom is 0.0438 e. The third-order valence-corrected chi connectivity index (χ3v) is 4.95. The molecular weight excluding hydrogens is 266 g/mol. The molecule has 0 radical (unpaired) electrons. The summed E-state index contributed by atoms with van der Waals surface area (Å²) in [7, 11) is 0. The van der Waals surface area contributed by atoms with E-state index in [2.05, 4.69) is 38.2 Å². The highest BCUT2D eigenvalue weighted by molar-refractivity contribution is 6.31. The number of hydrogen-bond acceptors (Lipinski definition) is 1. The first-order chi connectivity index (χ1) is 9.46. The Morgan fingerprint density at radius 1 is 1.25 bits per heavy atom. The topological polar surface area (TPSA) is 12.0 Å². The summed E-state index contributed by atoms with van der Waals surface area (Å²) in [5.41, 5.74) is 1.78. The van der Waals surface area contributed by atoms with Crippen molar-refractivity contribution in [2.45, 2.75) is 71.4 Å². The van der Waals surface area contributed by atoms with Gasteiger partial charge in [-0.1, -0.05) is 50.1 Å². The number of rotatable bonds is 4. The summed E-state index contributed by atoms with van der Waals surface area (Å²) in [5, 5.41) is 4.71. The molecule has 2 heteroatoms. The molecule has 0 aliphatic heterocycles. The summed E-state index contributed by atoms with van der Waals surface area (Å²) in [6.07, 6.45) is 7.69. The van der Waals surface area contributed by atoms with Crippen molar-refractivity contribution in [1.82, 2.24) is 5.32 Å². The number of benzene rings is 1. The normalized spacial score (nSPS) is 24.1. The lowest BCUT2D eigenvalue weighted by atomic mass is 9.85. The van der Waals surface area contributed by atoms with Crippen LogP contribution in [-0.4, -0.2) is 12.1 Å². The zero-order chi connectivity index (χ0) is 14.6. The van der Waals surface area contributed by atoms with Crippen molar-refractivity contribution < 1.29 is 0 Å². The Morgan fingerprint density at radius 3 is 2.75 bits per heavy atom. The molecule has 1 N–H and O–H groups in total. The maximum atomic E-state index is 6.25. The average Bonchev–Trinajstić information content (AvgIpc) is 2.54. The van der Waals surface area contributed by atoms with E-state index in [1.165, 1.54) is 37.7 Å². The van der Waals surface area contributed by atoms with Crippen LogP contribution in [0.25, 0.3) is 0 Å². The fourth-order valence-electron chi connectivity index (χ4n) is 3.28. The first kappa shape index (κ1) is 15.9. The lowest BCUT2D eigenvalue weighted by Gasteiger charge is -2.24. The van der Waals surface area contributed by atoms with Gasteiger partial charge in [-0.3, -0.25) is 0 Å². The highest BCUT2D eigenvalue weighted by atomic mass is 35.5. The van der Waals surface area contributed by atoms with E-state index in [-0.39, 0.29) is 0 Å². The quantitative estimate of drug-likeness (QED) is 0.751. The van der Waals surface area contributed by atoms with Crippen LogP contribution in [-0.2, 0) is 6.42 Å². The third kappa shape index (κ3) is 4.79. The minimum atomic E-state index is 0.487. The average molecular weight is 294 g/mol. The summed E-state index contributed by atoms with van der Waals surface area (Å²) < 4.78 is 0. The van der Waals surface area contributed by atoms with E-state index < -0.39 is 0 Å². The van der Waals surface area contributed by atoms with Gasteiger partial charge in [0.1, 0.15) is 0 Å². The lowest BCUT2D eigenvalue weighted by molar-refractivity contribution is 0.307. The first-order valence-corrected chi connectivity index (χ1v) is 8.33. The summed E-state index contributed by atoms with van der Waals surface area (Å²) in [6, 6.07) is 9.35. The van der Waals surface area contributed by atoms with Crippen LogP contribution >= 0.6 is 11.6 Å². The van der Waals surface area contributed by atoms with E-state index in [1.807, 2.05) is 12.1 Å². The Bertz CT molecular complexity index is 427. The van der Waals surface area contributed by atoms with Crippen LogP contribution in [0.3, 0.4) is 0 Å². The standard InChI is InChI=1S/C18H28ClN/c1-14(13-15-7-4-5-9-17(15)19)20-16-8-6-11-18(2,3)12-10-16/h4-5,7,9,14,16,20H,6,8,10-13H2,1-3H3. The highest BCUT2D eigenvalue weighted by Gasteiger charge is 2.24. The molecule has 2 rings (SSSR count). The van der Waals surface area contributed by atoms with Crippen LogP contribution in [0, 0.1) is 5.41 Å². The zero-order valence-corrected chi connectivity index (χ0v) is 13.8. The molecule has 0 bridgehead atoms.